The Morgan fingerprint density at radius 1 is 1.16 bits per heavy atom. The van der Waals surface area contributed by atoms with Gasteiger partial charge < -0.3 is 14.5 Å². The predicted molar refractivity (Wildman–Crippen MR) is 152 cm³/mol. The van der Waals surface area contributed by atoms with Gasteiger partial charge in [0.15, 0.2) is 0 Å². The minimum Gasteiger partial charge on any atom is -0.450 e. The number of nitrogens with zero attached hydrogens (tertiary/aromatic N) is 5. The summed E-state index contributed by atoms with van der Waals surface area (Å²) in [5.41, 5.74) is 2.84. The van der Waals surface area contributed by atoms with Gasteiger partial charge >= 0.3 is 6.09 Å². The number of aromatic nitrogens is 1. The molecule has 38 heavy (non-hydrogen) atoms. The number of carbonyl (C=O) groups excluding carboxylic acids is 2. The number of piperazine rings is 1. The molecule has 0 radical (unpaired) electrons. The van der Waals surface area contributed by atoms with Crippen LogP contribution in [0.15, 0.2) is 34.0 Å². The van der Waals surface area contributed by atoms with Crippen LogP contribution in [0.1, 0.15) is 34.7 Å². The van der Waals surface area contributed by atoms with E-state index in [1.807, 2.05) is 42.2 Å². The second-order valence-electron chi connectivity index (χ2n) is 9.14. The Balaban J connectivity index is 1.69. The molecule has 0 saturated carbocycles. The third kappa shape index (κ3) is 5.33. The Bertz CT molecular complexity index is 1420. The standard InChI is InChI=1S/C27H29N5O4S2/c1-5-36-26(35)31-12-10-30(11-13-31)23-20(18(3)21(15-28)24(33)29(23)4)14-22-25(34)32(27(37)38-22)16-19-8-6-17(2)7-9-19/h6-9,14H,5,10-13,16H2,1-4H3. The van der Waals surface area contributed by atoms with Crippen LogP contribution in [-0.2, 0) is 23.1 Å². The second-order valence-corrected chi connectivity index (χ2v) is 10.8. The summed E-state index contributed by atoms with van der Waals surface area (Å²) in [4.78, 5) is 44.3. The minimum absolute atomic E-state index is 0.0304. The van der Waals surface area contributed by atoms with E-state index < -0.39 is 5.56 Å². The van der Waals surface area contributed by atoms with Gasteiger partial charge in [0.1, 0.15) is 21.8 Å². The smallest absolute Gasteiger partial charge is 0.409 e. The van der Waals surface area contributed by atoms with E-state index in [9.17, 15) is 19.6 Å². The molecule has 0 atom stereocenters. The predicted octanol–water partition coefficient (Wildman–Crippen LogP) is 3.55. The lowest BCUT2D eigenvalue weighted by Gasteiger charge is -2.37. The molecule has 0 aliphatic carbocycles. The maximum absolute atomic E-state index is 13.4. The lowest BCUT2D eigenvalue weighted by Crippen LogP contribution is -2.50. The highest BCUT2D eigenvalue weighted by Crippen LogP contribution is 2.36. The maximum atomic E-state index is 13.4. The third-order valence-electron chi connectivity index (χ3n) is 6.68. The highest BCUT2D eigenvalue weighted by molar-refractivity contribution is 8.26. The molecule has 1 aromatic carbocycles. The fourth-order valence-electron chi connectivity index (χ4n) is 4.55. The second kappa shape index (κ2) is 11.4. The number of thiocarbonyl (C=S) groups is 1. The first-order valence-electron chi connectivity index (χ1n) is 12.3. The Kier molecular flexibility index (Phi) is 8.23. The van der Waals surface area contributed by atoms with Crippen LogP contribution >= 0.6 is 24.0 Å². The largest absolute Gasteiger partial charge is 0.450 e. The van der Waals surface area contributed by atoms with E-state index in [0.29, 0.717) is 65.5 Å². The minimum atomic E-state index is -0.406. The highest BCUT2D eigenvalue weighted by Gasteiger charge is 2.34. The van der Waals surface area contributed by atoms with Crippen LogP contribution in [0.5, 0.6) is 0 Å². The summed E-state index contributed by atoms with van der Waals surface area (Å²) in [7, 11) is 1.62. The summed E-state index contributed by atoms with van der Waals surface area (Å²) in [5, 5.41) is 9.72. The van der Waals surface area contributed by atoms with E-state index in [4.69, 9.17) is 17.0 Å². The van der Waals surface area contributed by atoms with E-state index in [-0.39, 0.29) is 17.6 Å². The van der Waals surface area contributed by atoms with E-state index in [0.717, 1.165) is 11.1 Å². The van der Waals surface area contributed by atoms with Crippen LogP contribution in [0, 0.1) is 25.2 Å². The molecule has 2 fully saturated rings. The Morgan fingerprint density at radius 3 is 2.42 bits per heavy atom. The van der Waals surface area contributed by atoms with Gasteiger partial charge in [-0.2, -0.15) is 5.26 Å². The zero-order valence-electron chi connectivity index (χ0n) is 21.8. The number of thioether (sulfide) groups is 1. The lowest BCUT2D eigenvalue weighted by atomic mass is 10.0. The number of benzene rings is 1. The van der Waals surface area contributed by atoms with Crippen molar-refractivity contribution in [1.29, 1.82) is 5.26 Å². The molecule has 0 N–H and O–H groups in total. The first-order chi connectivity index (χ1) is 18.2. The van der Waals surface area contributed by atoms with Gasteiger partial charge in [0, 0.05) is 38.8 Å². The Hall–Kier alpha value is -3.62. The highest BCUT2D eigenvalue weighted by atomic mass is 32.2. The number of anilines is 1. The molecule has 0 unspecified atom stereocenters. The zero-order chi connectivity index (χ0) is 27.6. The molecular formula is C27H29N5O4S2. The van der Waals surface area contributed by atoms with Crippen LogP contribution in [0.2, 0.25) is 0 Å². The summed E-state index contributed by atoms with van der Waals surface area (Å²) in [6.45, 7) is 7.92. The van der Waals surface area contributed by atoms with E-state index in [1.165, 1.54) is 16.3 Å². The fraction of sp³-hybridized carbons (Fsp3) is 0.370. The van der Waals surface area contributed by atoms with Crippen LogP contribution in [0.4, 0.5) is 10.6 Å². The van der Waals surface area contributed by atoms with E-state index in [1.54, 1.807) is 36.8 Å². The van der Waals surface area contributed by atoms with Crippen LogP contribution < -0.4 is 10.5 Å². The van der Waals surface area contributed by atoms with E-state index >= 15 is 0 Å². The first-order valence-corrected chi connectivity index (χ1v) is 13.5. The molecule has 2 aromatic rings. The molecule has 2 saturated heterocycles. The van der Waals surface area contributed by atoms with Crippen molar-refractivity contribution in [2.45, 2.75) is 27.3 Å². The van der Waals surface area contributed by atoms with Crippen molar-refractivity contribution < 1.29 is 14.3 Å². The molecule has 0 bridgehead atoms. The van der Waals surface area contributed by atoms with Gasteiger partial charge in [-0.25, -0.2) is 4.79 Å². The summed E-state index contributed by atoms with van der Waals surface area (Å²) >= 11 is 6.75. The zero-order valence-corrected chi connectivity index (χ0v) is 23.4. The van der Waals surface area contributed by atoms with Gasteiger partial charge in [-0.1, -0.05) is 53.8 Å². The number of amides is 2. The maximum Gasteiger partial charge on any atom is 0.409 e. The third-order valence-corrected chi connectivity index (χ3v) is 8.06. The molecule has 2 aliphatic heterocycles. The molecule has 0 spiro atoms. The molecule has 2 amide bonds. The number of pyridine rings is 1. The lowest BCUT2D eigenvalue weighted by molar-refractivity contribution is -0.122. The van der Waals surface area contributed by atoms with Crippen molar-refractivity contribution in [2.24, 2.45) is 7.05 Å². The Labute approximate surface area is 231 Å². The van der Waals surface area contributed by atoms with Gasteiger partial charge in [0.2, 0.25) is 0 Å². The number of hydrogen-bond acceptors (Lipinski definition) is 8. The molecule has 4 rings (SSSR count). The number of hydrogen-bond donors (Lipinski definition) is 0. The normalized spacial score (nSPS) is 16.8. The molecule has 1 aromatic heterocycles. The average Bonchev–Trinajstić information content (AvgIpc) is 3.16. The molecule has 9 nitrogen and oxygen atoms in total. The summed E-state index contributed by atoms with van der Waals surface area (Å²) < 4.78 is 7.02. The molecule has 11 heteroatoms. The van der Waals surface area contributed by atoms with Gasteiger partial charge in [0.05, 0.1) is 18.1 Å². The summed E-state index contributed by atoms with van der Waals surface area (Å²) in [5.74, 6) is 0.379. The van der Waals surface area contributed by atoms with E-state index in [2.05, 4.69) is 0 Å². The molecule has 198 valence electrons. The van der Waals surface area contributed by atoms with Gasteiger partial charge in [-0.15, -0.1) is 0 Å². The number of aryl methyl sites for hydroxylation is 1. The first kappa shape index (κ1) is 27.4. The van der Waals surface area contributed by atoms with Gasteiger partial charge in [-0.05, 0) is 38.0 Å². The quantitative estimate of drug-likeness (QED) is 0.411. The monoisotopic (exact) mass is 551 g/mol. The Morgan fingerprint density at radius 2 is 1.82 bits per heavy atom. The van der Waals surface area contributed by atoms with Gasteiger partial charge in [-0.3, -0.25) is 19.1 Å². The van der Waals surface area contributed by atoms with Crippen molar-refractivity contribution in [2.75, 3.05) is 37.7 Å². The molecule has 2 aliphatic rings. The van der Waals surface area contributed by atoms with Crippen LogP contribution in [0.25, 0.3) is 6.08 Å². The molecule has 3 heterocycles. The topological polar surface area (TPSA) is 98.9 Å². The van der Waals surface area contributed by atoms with Crippen LogP contribution in [-0.4, -0.2) is 63.5 Å². The number of ether oxygens (including phenoxy) is 1. The van der Waals surface area contributed by atoms with Crippen molar-refractivity contribution in [3.8, 4) is 6.07 Å². The summed E-state index contributed by atoms with van der Waals surface area (Å²) in [6.07, 6.45) is 1.37. The van der Waals surface area contributed by atoms with Crippen molar-refractivity contribution >= 4 is 52.2 Å². The number of rotatable bonds is 5. The van der Waals surface area contributed by atoms with Crippen molar-refractivity contribution in [1.82, 2.24) is 14.4 Å². The number of nitriles is 1. The van der Waals surface area contributed by atoms with Crippen molar-refractivity contribution in [3.63, 3.8) is 0 Å². The molecular weight excluding hydrogens is 522 g/mol. The van der Waals surface area contributed by atoms with Crippen molar-refractivity contribution in [3.05, 3.63) is 67.3 Å². The van der Waals surface area contributed by atoms with Crippen LogP contribution in [0.3, 0.4) is 0 Å². The fourth-order valence-corrected chi connectivity index (χ4v) is 5.79. The average molecular weight is 552 g/mol. The SMILES string of the molecule is CCOC(=O)N1CCN(c2c(C=C3SC(=S)N(Cc4ccc(C)cc4)C3=O)c(C)c(C#N)c(=O)n2C)CC1. The van der Waals surface area contributed by atoms with Gasteiger partial charge in [0.25, 0.3) is 11.5 Å². The summed E-state index contributed by atoms with van der Waals surface area (Å²) in [6, 6.07) is 9.96. The number of carbonyl (C=O) groups is 2.